The summed E-state index contributed by atoms with van der Waals surface area (Å²) in [7, 11) is 0. The van der Waals surface area contributed by atoms with E-state index in [1.165, 1.54) is 20.0 Å². The molecule has 0 aromatic heterocycles. The first kappa shape index (κ1) is 21.2. The maximum Gasteiger partial charge on any atom is 0.350 e. The Balaban J connectivity index is 1.46. The number of carbonyl (C=O) groups excluding carboxylic acids is 2. The van der Waals surface area contributed by atoms with Crippen molar-refractivity contribution in [1.82, 2.24) is 0 Å². The first-order chi connectivity index (χ1) is 15.4. The van der Waals surface area contributed by atoms with E-state index in [1.54, 1.807) is 0 Å². The Morgan fingerprint density at radius 2 is 1.47 bits per heavy atom. The Labute approximate surface area is 186 Å². The van der Waals surface area contributed by atoms with Crippen LogP contribution in [-0.2, 0) is 25.7 Å². The number of carbonyl (C=O) groups is 2. The highest BCUT2D eigenvalue weighted by molar-refractivity contribution is 6.15. The monoisotopic (exact) mass is 429 g/mol. The Kier molecular flexibility index (Phi) is 5.94. The molecule has 0 atom stereocenters. The highest BCUT2D eigenvalue weighted by Crippen LogP contribution is 2.31. The zero-order chi connectivity index (χ0) is 22.6. The number of esters is 2. The number of para-hydroxylation sites is 1. The van der Waals surface area contributed by atoms with Gasteiger partial charge >= 0.3 is 11.9 Å². The Hall–Kier alpha value is -4.06. The molecule has 162 valence electrons. The minimum absolute atomic E-state index is 0.187. The van der Waals surface area contributed by atoms with E-state index in [0.717, 1.165) is 22.4 Å². The average molecular weight is 429 g/mol. The van der Waals surface area contributed by atoms with Crippen molar-refractivity contribution in [2.24, 2.45) is 0 Å². The van der Waals surface area contributed by atoms with Crippen LogP contribution in [0.2, 0.25) is 0 Å². The zero-order valence-electron chi connectivity index (χ0n) is 17.8. The number of anilines is 1. The number of benzene rings is 3. The fourth-order valence-corrected chi connectivity index (χ4v) is 3.25. The van der Waals surface area contributed by atoms with Gasteiger partial charge in [0.05, 0.1) is 0 Å². The first-order valence-corrected chi connectivity index (χ1v) is 10.2. The van der Waals surface area contributed by atoms with Crippen molar-refractivity contribution in [3.8, 4) is 16.9 Å². The minimum Gasteiger partial charge on any atom is -0.488 e. The predicted molar refractivity (Wildman–Crippen MR) is 121 cm³/mol. The van der Waals surface area contributed by atoms with Crippen molar-refractivity contribution in [1.29, 1.82) is 0 Å². The van der Waals surface area contributed by atoms with E-state index in [2.05, 4.69) is 5.32 Å². The van der Waals surface area contributed by atoms with Crippen molar-refractivity contribution in [2.45, 2.75) is 26.2 Å². The lowest BCUT2D eigenvalue weighted by Crippen LogP contribution is -2.42. The molecule has 1 N–H and O–H groups in total. The Bertz CT molecular complexity index is 1130. The van der Waals surface area contributed by atoms with Crippen LogP contribution in [0.5, 0.6) is 5.75 Å². The smallest absolute Gasteiger partial charge is 0.350 e. The highest BCUT2D eigenvalue weighted by atomic mass is 16.7. The molecule has 4 rings (SSSR count). The van der Waals surface area contributed by atoms with Crippen molar-refractivity contribution >= 4 is 17.6 Å². The van der Waals surface area contributed by atoms with Gasteiger partial charge in [-0.2, -0.15) is 0 Å². The Morgan fingerprint density at radius 3 is 2.16 bits per heavy atom. The van der Waals surface area contributed by atoms with E-state index in [1.807, 2.05) is 78.9 Å². The lowest BCUT2D eigenvalue weighted by Gasteiger charge is -2.29. The van der Waals surface area contributed by atoms with Gasteiger partial charge in [0, 0.05) is 31.3 Å². The molecule has 0 saturated carbocycles. The van der Waals surface area contributed by atoms with Crippen LogP contribution in [0.3, 0.4) is 0 Å². The SMILES string of the molecule is CC1(C)OC(=O)C(=CNc2ccc(-c3ccccc3OCc3ccccc3)cc2)C(=O)O1. The highest BCUT2D eigenvalue weighted by Gasteiger charge is 2.38. The maximum absolute atomic E-state index is 12.0. The quantitative estimate of drug-likeness (QED) is 0.335. The predicted octanol–water partition coefficient (Wildman–Crippen LogP) is 5.06. The van der Waals surface area contributed by atoms with Gasteiger partial charge in [-0.1, -0.05) is 60.7 Å². The number of hydrogen-bond acceptors (Lipinski definition) is 6. The number of nitrogens with one attached hydrogen (secondary N) is 1. The lowest BCUT2D eigenvalue weighted by atomic mass is 10.0. The van der Waals surface area contributed by atoms with E-state index in [9.17, 15) is 9.59 Å². The Morgan fingerprint density at radius 1 is 0.844 bits per heavy atom. The summed E-state index contributed by atoms with van der Waals surface area (Å²) >= 11 is 0. The second kappa shape index (κ2) is 8.98. The first-order valence-electron chi connectivity index (χ1n) is 10.2. The van der Waals surface area contributed by atoms with Gasteiger partial charge in [0.2, 0.25) is 0 Å². The molecule has 6 nitrogen and oxygen atoms in total. The summed E-state index contributed by atoms with van der Waals surface area (Å²) in [5.41, 5.74) is 3.56. The standard InChI is InChI=1S/C26H23NO5/c1-26(2)31-24(28)22(25(29)32-26)16-27-20-14-12-19(13-15-20)21-10-6-7-11-23(21)30-17-18-8-4-3-5-9-18/h3-16,27H,17H2,1-2H3. The van der Waals surface area contributed by atoms with Crippen LogP contribution < -0.4 is 10.1 Å². The molecule has 0 unspecified atom stereocenters. The molecule has 0 bridgehead atoms. The molecular formula is C26H23NO5. The van der Waals surface area contributed by atoms with Gasteiger partial charge in [-0.15, -0.1) is 0 Å². The van der Waals surface area contributed by atoms with Gasteiger partial charge < -0.3 is 19.5 Å². The summed E-state index contributed by atoms with van der Waals surface area (Å²) in [5, 5.41) is 2.95. The molecule has 3 aromatic carbocycles. The van der Waals surface area contributed by atoms with Gasteiger partial charge in [0.25, 0.3) is 5.79 Å². The van der Waals surface area contributed by atoms with Crippen molar-refractivity contribution in [3.63, 3.8) is 0 Å². The fourth-order valence-electron chi connectivity index (χ4n) is 3.25. The number of ether oxygens (including phenoxy) is 3. The van der Waals surface area contributed by atoms with Gasteiger partial charge in [-0.3, -0.25) is 0 Å². The minimum atomic E-state index is -1.26. The third-order valence-corrected chi connectivity index (χ3v) is 4.82. The van der Waals surface area contributed by atoms with Crippen LogP contribution in [-0.4, -0.2) is 17.7 Å². The summed E-state index contributed by atoms with van der Waals surface area (Å²) < 4.78 is 16.2. The second-order valence-electron chi connectivity index (χ2n) is 7.73. The second-order valence-corrected chi connectivity index (χ2v) is 7.73. The third-order valence-electron chi connectivity index (χ3n) is 4.82. The average Bonchev–Trinajstić information content (AvgIpc) is 2.78. The molecule has 0 amide bonds. The van der Waals surface area contributed by atoms with Crippen LogP contribution in [0, 0.1) is 0 Å². The molecule has 1 aliphatic heterocycles. The molecule has 1 fully saturated rings. The topological polar surface area (TPSA) is 73.9 Å². The van der Waals surface area contributed by atoms with Crippen molar-refractivity contribution in [3.05, 3.63) is 96.2 Å². The van der Waals surface area contributed by atoms with E-state index >= 15 is 0 Å². The van der Waals surface area contributed by atoms with Gasteiger partial charge in [0.1, 0.15) is 12.4 Å². The zero-order valence-corrected chi connectivity index (χ0v) is 17.8. The molecule has 3 aromatic rings. The van der Waals surface area contributed by atoms with Crippen molar-refractivity contribution in [2.75, 3.05) is 5.32 Å². The van der Waals surface area contributed by atoms with E-state index in [4.69, 9.17) is 14.2 Å². The molecular weight excluding hydrogens is 406 g/mol. The fraction of sp³-hybridized carbons (Fsp3) is 0.154. The largest absolute Gasteiger partial charge is 0.488 e. The van der Waals surface area contributed by atoms with E-state index < -0.39 is 17.7 Å². The molecule has 0 aliphatic carbocycles. The van der Waals surface area contributed by atoms with Crippen molar-refractivity contribution < 1.29 is 23.8 Å². The number of rotatable bonds is 6. The lowest BCUT2D eigenvalue weighted by molar-refractivity contribution is -0.222. The van der Waals surface area contributed by atoms with Crippen LogP contribution >= 0.6 is 0 Å². The molecule has 1 aliphatic rings. The van der Waals surface area contributed by atoms with Crippen LogP contribution in [0.1, 0.15) is 19.4 Å². The van der Waals surface area contributed by atoms with E-state index in [0.29, 0.717) is 12.3 Å². The van der Waals surface area contributed by atoms with Gasteiger partial charge in [0.15, 0.2) is 5.57 Å². The molecule has 0 radical (unpaired) electrons. The summed E-state index contributed by atoms with van der Waals surface area (Å²) in [4.78, 5) is 24.1. The maximum atomic E-state index is 12.0. The molecule has 1 heterocycles. The van der Waals surface area contributed by atoms with Gasteiger partial charge in [-0.05, 0) is 29.3 Å². The van der Waals surface area contributed by atoms with Gasteiger partial charge in [-0.25, -0.2) is 9.59 Å². The van der Waals surface area contributed by atoms with E-state index in [-0.39, 0.29) is 5.57 Å². The molecule has 1 saturated heterocycles. The third kappa shape index (κ3) is 4.98. The molecule has 6 heteroatoms. The number of cyclic esters (lactones) is 2. The summed E-state index contributed by atoms with van der Waals surface area (Å²) in [6.07, 6.45) is 1.30. The summed E-state index contributed by atoms with van der Waals surface area (Å²) in [6.45, 7) is 3.49. The summed E-state index contributed by atoms with van der Waals surface area (Å²) in [6, 6.07) is 25.4. The number of hydrogen-bond donors (Lipinski definition) is 1. The molecule has 32 heavy (non-hydrogen) atoms. The summed E-state index contributed by atoms with van der Waals surface area (Å²) in [5.74, 6) is -1.92. The van der Waals surface area contributed by atoms with Crippen LogP contribution in [0.15, 0.2) is 90.6 Å². The van der Waals surface area contributed by atoms with Crippen LogP contribution in [0.4, 0.5) is 5.69 Å². The molecule has 0 spiro atoms. The normalized spacial score (nSPS) is 14.9. The van der Waals surface area contributed by atoms with Crippen LogP contribution in [0.25, 0.3) is 11.1 Å².